The fourth-order valence-corrected chi connectivity index (χ4v) is 2.65. The van der Waals surface area contributed by atoms with Crippen LogP contribution in [-0.2, 0) is 4.79 Å². The van der Waals surface area contributed by atoms with Gasteiger partial charge < -0.3 is 10.0 Å². The maximum atomic E-state index is 10.6. The second-order valence-electron chi connectivity index (χ2n) is 6.21. The molecule has 1 fully saturated rings. The van der Waals surface area contributed by atoms with Gasteiger partial charge in [0.1, 0.15) is 11.6 Å². The average Bonchev–Trinajstić information content (AvgIpc) is 2.47. The largest absolute Gasteiger partial charge is 0.481 e. The van der Waals surface area contributed by atoms with Crippen molar-refractivity contribution in [1.82, 2.24) is 14.9 Å². The molecule has 1 aliphatic heterocycles. The van der Waals surface area contributed by atoms with Crippen LogP contribution < -0.4 is 4.90 Å². The molecule has 0 aromatic carbocycles. The molecule has 0 atom stereocenters. The van der Waals surface area contributed by atoms with E-state index >= 15 is 0 Å². The van der Waals surface area contributed by atoms with Gasteiger partial charge in [-0.3, -0.25) is 9.69 Å². The number of hydrogen-bond acceptors (Lipinski definition) is 5. The molecule has 1 aliphatic rings. The van der Waals surface area contributed by atoms with Crippen molar-refractivity contribution in [2.45, 2.75) is 39.5 Å². The quantitative estimate of drug-likeness (QED) is 0.865. The van der Waals surface area contributed by atoms with Crippen LogP contribution in [0.15, 0.2) is 6.07 Å². The minimum atomic E-state index is -0.712. The Morgan fingerprint density at radius 1 is 1.27 bits per heavy atom. The third-order valence-electron chi connectivity index (χ3n) is 3.94. The number of carboxylic acids is 1. The molecule has 2 rings (SSSR count). The topological polar surface area (TPSA) is 69.6 Å². The van der Waals surface area contributed by atoms with E-state index < -0.39 is 5.97 Å². The summed E-state index contributed by atoms with van der Waals surface area (Å²) in [6, 6.07) is 2.05. The molecular weight excluding hydrogens is 280 g/mol. The zero-order valence-electron chi connectivity index (χ0n) is 13.7. The summed E-state index contributed by atoms with van der Waals surface area (Å²) in [5.74, 6) is 1.53. The zero-order valence-corrected chi connectivity index (χ0v) is 13.7. The summed E-state index contributed by atoms with van der Waals surface area (Å²) in [7, 11) is 0. The van der Waals surface area contributed by atoms with Crippen molar-refractivity contribution in [3.05, 3.63) is 17.6 Å². The minimum Gasteiger partial charge on any atom is -0.481 e. The normalized spacial score (nSPS) is 16.3. The van der Waals surface area contributed by atoms with E-state index in [0.717, 1.165) is 56.5 Å². The smallest absolute Gasteiger partial charge is 0.303 e. The van der Waals surface area contributed by atoms with Gasteiger partial charge in [0.25, 0.3) is 0 Å². The molecule has 0 unspecified atom stereocenters. The van der Waals surface area contributed by atoms with Gasteiger partial charge in [-0.2, -0.15) is 0 Å². The van der Waals surface area contributed by atoms with E-state index in [4.69, 9.17) is 5.11 Å². The first-order valence-electron chi connectivity index (χ1n) is 8.00. The van der Waals surface area contributed by atoms with Crippen LogP contribution in [0.4, 0.5) is 5.82 Å². The summed E-state index contributed by atoms with van der Waals surface area (Å²) in [6.45, 7) is 10.9. The van der Waals surface area contributed by atoms with Gasteiger partial charge in [0.2, 0.25) is 0 Å². The molecular formula is C16H26N4O2. The summed E-state index contributed by atoms with van der Waals surface area (Å²) >= 11 is 0. The second kappa shape index (κ2) is 7.54. The molecule has 1 aromatic heterocycles. The zero-order chi connectivity index (χ0) is 16.1. The fraction of sp³-hybridized carbons (Fsp3) is 0.688. The molecule has 0 spiro atoms. The summed E-state index contributed by atoms with van der Waals surface area (Å²) < 4.78 is 0. The first-order chi connectivity index (χ1) is 10.5. The highest BCUT2D eigenvalue weighted by atomic mass is 16.4. The van der Waals surface area contributed by atoms with Gasteiger partial charge in [-0.05, 0) is 19.9 Å². The Balaban J connectivity index is 1.90. The number of rotatable bonds is 6. The van der Waals surface area contributed by atoms with E-state index in [0.29, 0.717) is 5.92 Å². The highest BCUT2D eigenvalue weighted by Crippen LogP contribution is 2.18. The maximum Gasteiger partial charge on any atom is 0.303 e. The van der Waals surface area contributed by atoms with Gasteiger partial charge in [-0.15, -0.1) is 0 Å². The van der Waals surface area contributed by atoms with E-state index in [9.17, 15) is 4.79 Å². The SMILES string of the molecule is Cc1cc(N2CCN(CCCC(=O)O)CC2)nc(C(C)C)n1. The highest BCUT2D eigenvalue weighted by molar-refractivity contribution is 5.66. The maximum absolute atomic E-state index is 10.6. The Kier molecular flexibility index (Phi) is 5.71. The monoisotopic (exact) mass is 306 g/mol. The van der Waals surface area contributed by atoms with Crippen LogP contribution in [0.25, 0.3) is 0 Å². The van der Waals surface area contributed by atoms with Crippen LogP contribution >= 0.6 is 0 Å². The molecule has 1 saturated heterocycles. The van der Waals surface area contributed by atoms with Gasteiger partial charge in [0.15, 0.2) is 0 Å². The predicted octanol–water partition coefficient (Wildman–Crippen LogP) is 1.90. The van der Waals surface area contributed by atoms with Crippen molar-refractivity contribution >= 4 is 11.8 Å². The van der Waals surface area contributed by atoms with Crippen LogP contribution in [0.2, 0.25) is 0 Å². The Labute approximate surface area is 132 Å². The first-order valence-corrected chi connectivity index (χ1v) is 8.00. The lowest BCUT2D eigenvalue weighted by Gasteiger charge is -2.35. The van der Waals surface area contributed by atoms with E-state index in [1.54, 1.807) is 0 Å². The van der Waals surface area contributed by atoms with Crippen molar-refractivity contribution in [3.63, 3.8) is 0 Å². The molecule has 0 bridgehead atoms. The van der Waals surface area contributed by atoms with Crippen molar-refractivity contribution in [1.29, 1.82) is 0 Å². The lowest BCUT2D eigenvalue weighted by Crippen LogP contribution is -2.47. The molecule has 0 aliphatic carbocycles. The van der Waals surface area contributed by atoms with Crippen molar-refractivity contribution in [2.24, 2.45) is 0 Å². The molecule has 0 saturated carbocycles. The van der Waals surface area contributed by atoms with E-state index in [2.05, 4.69) is 33.6 Å². The van der Waals surface area contributed by atoms with Crippen LogP contribution in [0.1, 0.15) is 44.1 Å². The number of nitrogens with zero attached hydrogens (tertiary/aromatic N) is 4. The lowest BCUT2D eigenvalue weighted by molar-refractivity contribution is -0.137. The fourth-order valence-electron chi connectivity index (χ4n) is 2.65. The van der Waals surface area contributed by atoms with Crippen molar-refractivity contribution < 1.29 is 9.90 Å². The third-order valence-corrected chi connectivity index (χ3v) is 3.94. The number of hydrogen-bond donors (Lipinski definition) is 1. The second-order valence-corrected chi connectivity index (χ2v) is 6.21. The predicted molar refractivity (Wildman–Crippen MR) is 86.4 cm³/mol. The van der Waals surface area contributed by atoms with E-state index in [1.807, 2.05) is 13.0 Å². The van der Waals surface area contributed by atoms with E-state index in [-0.39, 0.29) is 6.42 Å². The van der Waals surface area contributed by atoms with Gasteiger partial charge in [-0.25, -0.2) is 9.97 Å². The molecule has 22 heavy (non-hydrogen) atoms. The molecule has 1 N–H and O–H groups in total. The molecule has 2 heterocycles. The molecule has 0 radical (unpaired) electrons. The Bertz CT molecular complexity index is 511. The summed E-state index contributed by atoms with van der Waals surface area (Å²) in [5.41, 5.74) is 1.01. The Morgan fingerprint density at radius 2 is 1.95 bits per heavy atom. The Morgan fingerprint density at radius 3 is 2.55 bits per heavy atom. The summed E-state index contributed by atoms with van der Waals surface area (Å²) in [5, 5.41) is 8.69. The molecule has 1 aromatic rings. The van der Waals surface area contributed by atoms with E-state index in [1.165, 1.54) is 0 Å². The molecule has 6 nitrogen and oxygen atoms in total. The summed E-state index contributed by atoms with van der Waals surface area (Å²) in [6.07, 6.45) is 0.975. The summed E-state index contributed by atoms with van der Waals surface area (Å²) in [4.78, 5) is 24.4. The molecule has 0 amide bonds. The number of anilines is 1. The molecule has 122 valence electrons. The van der Waals surface area contributed by atoms with Gasteiger partial charge in [0.05, 0.1) is 0 Å². The number of aliphatic carboxylic acids is 1. The van der Waals surface area contributed by atoms with Crippen LogP contribution in [0.3, 0.4) is 0 Å². The highest BCUT2D eigenvalue weighted by Gasteiger charge is 2.19. The van der Waals surface area contributed by atoms with Crippen LogP contribution in [0.5, 0.6) is 0 Å². The van der Waals surface area contributed by atoms with Crippen LogP contribution in [0, 0.1) is 6.92 Å². The van der Waals surface area contributed by atoms with Crippen molar-refractivity contribution in [3.8, 4) is 0 Å². The number of aryl methyl sites for hydroxylation is 1. The third kappa shape index (κ3) is 4.66. The number of aromatic nitrogens is 2. The number of carboxylic acid groups (broad SMARTS) is 1. The Hall–Kier alpha value is -1.69. The standard InChI is InChI=1S/C16H26N4O2/c1-12(2)16-17-13(3)11-14(18-16)20-9-7-19(8-10-20)6-4-5-15(21)22/h11-12H,4-10H2,1-3H3,(H,21,22). The van der Waals surface area contributed by atoms with Gasteiger partial charge >= 0.3 is 5.97 Å². The van der Waals surface area contributed by atoms with Crippen molar-refractivity contribution in [2.75, 3.05) is 37.6 Å². The average molecular weight is 306 g/mol. The number of piperazine rings is 1. The van der Waals surface area contributed by atoms with Gasteiger partial charge in [0, 0.05) is 50.3 Å². The van der Waals surface area contributed by atoms with Crippen LogP contribution in [-0.4, -0.2) is 58.7 Å². The number of carbonyl (C=O) groups is 1. The lowest BCUT2D eigenvalue weighted by atomic mass is 10.2. The van der Waals surface area contributed by atoms with Gasteiger partial charge in [-0.1, -0.05) is 13.8 Å². The minimum absolute atomic E-state index is 0.253. The molecule has 6 heteroatoms. The first kappa shape index (κ1) is 16.7.